The molecule has 0 bridgehead atoms. The summed E-state index contributed by atoms with van der Waals surface area (Å²) in [7, 11) is 0. The Kier molecular flexibility index (Phi) is 4.59. The molecule has 1 saturated heterocycles. The first kappa shape index (κ1) is 15.6. The average Bonchev–Trinajstić information content (AvgIpc) is 2.27. The van der Waals surface area contributed by atoms with Gasteiger partial charge in [-0.15, -0.1) is 0 Å². The van der Waals surface area contributed by atoms with E-state index in [0.717, 1.165) is 38.8 Å². The number of hydrogen-bond acceptors (Lipinski definition) is 4. The second kappa shape index (κ2) is 5.90. The van der Waals surface area contributed by atoms with Gasteiger partial charge < -0.3 is 20.1 Å². The van der Waals surface area contributed by atoms with Gasteiger partial charge in [-0.2, -0.15) is 0 Å². The molecule has 1 amide bonds. The Labute approximate surface area is 121 Å². The number of hydrogen-bond donors (Lipinski definition) is 2. The second-order valence-electron chi connectivity index (χ2n) is 7.29. The van der Waals surface area contributed by atoms with Crippen molar-refractivity contribution in [1.82, 2.24) is 10.6 Å². The van der Waals surface area contributed by atoms with Crippen LogP contribution in [0.5, 0.6) is 0 Å². The number of carbonyl (C=O) groups excluding carboxylic acids is 1. The van der Waals surface area contributed by atoms with E-state index in [9.17, 15) is 4.79 Å². The number of carbonyl (C=O) groups is 1. The minimum Gasteiger partial charge on any atom is -0.444 e. The highest BCUT2D eigenvalue weighted by Gasteiger charge is 2.36. The maximum Gasteiger partial charge on any atom is 0.407 e. The van der Waals surface area contributed by atoms with Gasteiger partial charge in [0.25, 0.3) is 0 Å². The summed E-state index contributed by atoms with van der Waals surface area (Å²) in [4.78, 5) is 11.7. The predicted octanol–water partition coefficient (Wildman–Crippen LogP) is 2.20. The van der Waals surface area contributed by atoms with E-state index in [-0.39, 0.29) is 17.7 Å². The van der Waals surface area contributed by atoms with Crippen molar-refractivity contribution >= 4 is 6.09 Å². The Morgan fingerprint density at radius 1 is 1.20 bits per heavy atom. The molecule has 5 nitrogen and oxygen atoms in total. The van der Waals surface area contributed by atoms with Gasteiger partial charge in [0.15, 0.2) is 0 Å². The highest BCUT2D eigenvalue weighted by atomic mass is 16.6. The molecule has 0 radical (unpaired) electrons. The van der Waals surface area contributed by atoms with E-state index in [4.69, 9.17) is 9.47 Å². The van der Waals surface area contributed by atoms with Crippen LogP contribution in [-0.4, -0.2) is 42.5 Å². The monoisotopic (exact) mass is 284 g/mol. The Hall–Kier alpha value is -0.810. The summed E-state index contributed by atoms with van der Waals surface area (Å²) >= 11 is 0. The van der Waals surface area contributed by atoms with Crippen LogP contribution in [0.4, 0.5) is 4.79 Å². The largest absolute Gasteiger partial charge is 0.444 e. The summed E-state index contributed by atoms with van der Waals surface area (Å²) in [6, 6.07) is 0.219. The standard InChI is InChI=1S/C15H28N2O3/c1-14(2,3)20-13(18)17-11-5-7-12(8-6-11)19-15(4)9-16-10-15/h11-12,16H,5-10H2,1-4H3,(H,17,18). The zero-order chi connectivity index (χ0) is 14.8. The fraction of sp³-hybridized carbons (Fsp3) is 0.933. The summed E-state index contributed by atoms with van der Waals surface area (Å²) in [6.45, 7) is 9.70. The third-order valence-electron chi connectivity index (χ3n) is 3.84. The average molecular weight is 284 g/mol. The molecule has 0 aromatic rings. The van der Waals surface area contributed by atoms with Gasteiger partial charge in [-0.3, -0.25) is 0 Å². The molecular weight excluding hydrogens is 256 g/mol. The van der Waals surface area contributed by atoms with Gasteiger partial charge in [-0.1, -0.05) is 0 Å². The van der Waals surface area contributed by atoms with Crippen LogP contribution in [0.25, 0.3) is 0 Å². The number of nitrogens with one attached hydrogen (secondary N) is 2. The van der Waals surface area contributed by atoms with E-state index in [0.29, 0.717) is 6.10 Å². The Bertz CT molecular complexity index is 340. The molecule has 2 aliphatic rings. The molecule has 1 heterocycles. The smallest absolute Gasteiger partial charge is 0.407 e. The lowest BCUT2D eigenvalue weighted by Crippen LogP contribution is -2.60. The predicted molar refractivity (Wildman–Crippen MR) is 77.8 cm³/mol. The van der Waals surface area contributed by atoms with Crippen LogP contribution in [0.2, 0.25) is 0 Å². The molecule has 1 aliphatic heterocycles. The van der Waals surface area contributed by atoms with E-state index >= 15 is 0 Å². The first-order valence-electron chi connectivity index (χ1n) is 7.64. The molecule has 2 fully saturated rings. The normalized spacial score (nSPS) is 29.4. The zero-order valence-corrected chi connectivity index (χ0v) is 13.1. The minimum absolute atomic E-state index is 0.0239. The second-order valence-corrected chi connectivity index (χ2v) is 7.29. The Morgan fingerprint density at radius 2 is 1.80 bits per heavy atom. The van der Waals surface area contributed by atoms with Gasteiger partial charge in [-0.05, 0) is 53.4 Å². The van der Waals surface area contributed by atoms with Gasteiger partial charge in [0.1, 0.15) is 5.60 Å². The van der Waals surface area contributed by atoms with Crippen molar-refractivity contribution in [3.63, 3.8) is 0 Å². The molecule has 116 valence electrons. The lowest BCUT2D eigenvalue weighted by molar-refractivity contribution is -0.122. The summed E-state index contributed by atoms with van der Waals surface area (Å²) < 4.78 is 11.4. The minimum atomic E-state index is -0.434. The quantitative estimate of drug-likeness (QED) is 0.834. The molecule has 0 atom stereocenters. The van der Waals surface area contributed by atoms with Crippen LogP contribution < -0.4 is 10.6 Å². The lowest BCUT2D eigenvalue weighted by Gasteiger charge is -2.43. The van der Waals surface area contributed by atoms with E-state index in [1.165, 1.54) is 0 Å². The third kappa shape index (κ3) is 4.63. The maximum absolute atomic E-state index is 11.7. The van der Waals surface area contributed by atoms with Crippen molar-refractivity contribution in [2.45, 2.75) is 76.7 Å². The van der Waals surface area contributed by atoms with Gasteiger partial charge in [-0.25, -0.2) is 4.79 Å². The molecule has 5 heteroatoms. The van der Waals surface area contributed by atoms with E-state index in [1.54, 1.807) is 0 Å². The van der Waals surface area contributed by atoms with Crippen molar-refractivity contribution in [3.8, 4) is 0 Å². The highest BCUT2D eigenvalue weighted by Crippen LogP contribution is 2.27. The van der Waals surface area contributed by atoms with Gasteiger partial charge in [0.2, 0.25) is 0 Å². The summed E-state index contributed by atoms with van der Waals surface area (Å²) in [5.74, 6) is 0. The van der Waals surface area contributed by atoms with Crippen LogP contribution in [0.1, 0.15) is 53.4 Å². The van der Waals surface area contributed by atoms with Crippen molar-refractivity contribution in [1.29, 1.82) is 0 Å². The maximum atomic E-state index is 11.7. The van der Waals surface area contributed by atoms with Crippen LogP contribution in [0, 0.1) is 0 Å². The van der Waals surface area contributed by atoms with E-state index < -0.39 is 5.60 Å². The van der Waals surface area contributed by atoms with Crippen LogP contribution in [0.3, 0.4) is 0 Å². The molecule has 0 spiro atoms. The molecule has 20 heavy (non-hydrogen) atoms. The van der Waals surface area contributed by atoms with E-state index in [1.807, 2.05) is 20.8 Å². The first-order valence-corrected chi connectivity index (χ1v) is 7.64. The van der Waals surface area contributed by atoms with E-state index in [2.05, 4.69) is 17.6 Å². The topological polar surface area (TPSA) is 59.6 Å². The summed E-state index contributed by atoms with van der Waals surface area (Å²) in [5.41, 5.74) is -0.410. The van der Waals surface area contributed by atoms with Crippen LogP contribution in [0.15, 0.2) is 0 Å². The fourth-order valence-corrected chi connectivity index (χ4v) is 2.76. The Balaban J connectivity index is 1.67. The SMILES string of the molecule is CC(C)(C)OC(=O)NC1CCC(OC2(C)CNC2)CC1. The van der Waals surface area contributed by atoms with Crippen molar-refractivity contribution in [2.75, 3.05) is 13.1 Å². The third-order valence-corrected chi connectivity index (χ3v) is 3.84. The molecule has 2 N–H and O–H groups in total. The number of alkyl carbamates (subject to hydrolysis) is 1. The molecule has 0 aromatic carbocycles. The summed E-state index contributed by atoms with van der Waals surface area (Å²) in [5, 5.41) is 6.21. The molecule has 1 aliphatic carbocycles. The van der Waals surface area contributed by atoms with Crippen LogP contribution >= 0.6 is 0 Å². The van der Waals surface area contributed by atoms with Gasteiger partial charge >= 0.3 is 6.09 Å². The number of amides is 1. The molecular formula is C15H28N2O3. The zero-order valence-electron chi connectivity index (χ0n) is 13.1. The fourth-order valence-electron chi connectivity index (χ4n) is 2.76. The molecule has 0 unspecified atom stereocenters. The number of ether oxygens (including phenoxy) is 2. The first-order chi connectivity index (χ1) is 9.26. The van der Waals surface area contributed by atoms with Crippen molar-refractivity contribution in [3.05, 3.63) is 0 Å². The number of rotatable bonds is 3. The van der Waals surface area contributed by atoms with Crippen molar-refractivity contribution < 1.29 is 14.3 Å². The molecule has 1 saturated carbocycles. The van der Waals surface area contributed by atoms with Gasteiger partial charge in [0, 0.05) is 19.1 Å². The Morgan fingerprint density at radius 3 is 2.25 bits per heavy atom. The van der Waals surface area contributed by atoms with Crippen LogP contribution in [-0.2, 0) is 9.47 Å². The van der Waals surface area contributed by atoms with Crippen molar-refractivity contribution in [2.24, 2.45) is 0 Å². The lowest BCUT2D eigenvalue weighted by atomic mass is 9.91. The molecule has 2 rings (SSSR count). The summed E-state index contributed by atoms with van der Waals surface area (Å²) in [6.07, 6.45) is 3.98. The highest BCUT2D eigenvalue weighted by molar-refractivity contribution is 5.68. The molecule has 0 aromatic heterocycles. The van der Waals surface area contributed by atoms with Gasteiger partial charge in [0.05, 0.1) is 11.7 Å².